The molecule has 0 spiro atoms. The molecule has 1 N–H and O–H groups in total. The molecular formula is C35H34N2O4. The minimum Gasteiger partial charge on any atom is -0.493 e. The molecule has 0 aliphatic carbocycles. The van der Waals surface area contributed by atoms with Gasteiger partial charge in [0, 0.05) is 40.1 Å². The molecule has 0 saturated heterocycles. The lowest BCUT2D eigenvalue weighted by Gasteiger charge is -2.29. The van der Waals surface area contributed by atoms with Crippen molar-refractivity contribution in [1.29, 1.82) is 0 Å². The Labute approximate surface area is 240 Å². The van der Waals surface area contributed by atoms with Crippen LogP contribution in [-0.4, -0.2) is 33.3 Å². The van der Waals surface area contributed by atoms with Crippen molar-refractivity contribution in [3.8, 4) is 28.1 Å². The number of benzene rings is 3. The Morgan fingerprint density at radius 1 is 0.976 bits per heavy atom. The molecule has 0 fully saturated rings. The summed E-state index contributed by atoms with van der Waals surface area (Å²) in [6, 6.07) is 18.3. The summed E-state index contributed by atoms with van der Waals surface area (Å²) in [5.41, 5.74) is 9.39. The average molecular weight is 547 g/mol. The second kappa shape index (κ2) is 9.96. The molecule has 1 unspecified atom stereocenters. The minimum atomic E-state index is -1.19. The van der Waals surface area contributed by atoms with E-state index in [1.807, 2.05) is 64.2 Å². The molecule has 3 heterocycles. The van der Waals surface area contributed by atoms with E-state index in [4.69, 9.17) is 19.4 Å². The van der Waals surface area contributed by atoms with Gasteiger partial charge >= 0.3 is 5.97 Å². The number of aryl methyl sites for hydroxylation is 3. The van der Waals surface area contributed by atoms with Crippen molar-refractivity contribution >= 4 is 27.8 Å². The monoisotopic (exact) mass is 546 g/mol. The number of aliphatic carboxylic acids is 1. The molecule has 6 heteroatoms. The van der Waals surface area contributed by atoms with Crippen LogP contribution in [0.5, 0.6) is 5.75 Å². The Bertz CT molecular complexity index is 1820. The van der Waals surface area contributed by atoms with E-state index in [1.54, 1.807) is 0 Å². The zero-order chi connectivity index (χ0) is 29.1. The summed E-state index contributed by atoms with van der Waals surface area (Å²) in [7, 11) is 0. The van der Waals surface area contributed by atoms with Gasteiger partial charge in [-0.1, -0.05) is 24.3 Å². The third-order valence-corrected chi connectivity index (χ3v) is 7.78. The third kappa shape index (κ3) is 4.72. The van der Waals surface area contributed by atoms with Gasteiger partial charge in [-0.3, -0.25) is 4.98 Å². The molecule has 0 radical (unpaired) electrons. The summed E-state index contributed by atoms with van der Waals surface area (Å²) in [4.78, 5) is 22.8. The molecular weight excluding hydrogens is 512 g/mol. The van der Waals surface area contributed by atoms with Gasteiger partial charge in [0.2, 0.25) is 0 Å². The zero-order valence-corrected chi connectivity index (χ0v) is 24.3. The maximum atomic E-state index is 12.8. The Morgan fingerprint density at radius 3 is 2.44 bits per heavy atom. The quantitative estimate of drug-likeness (QED) is 0.241. The van der Waals surface area contributed by atoms with Gasteiger partial charge in [-0.15, -0.1) is 0 Å². The van der Waals surface area contributed by atoms with Gasteiger partial charge in [-0.25, -0.2) is 9.78 Å². The number of fused-ring (bicyclic) bond motifs is 1. The van der Waals surface area contributed by atoms with Crippen molar-refractivity contribution in [3.05, 3.63) is 88.6 Å². The normalized spacial score (nSPS) is 13.8. The van der Waals surface area contributed by atoms with E-state index in [1.165, 1.54) is 5.56 Å². The van der Waals surface area contributed by atoms with Crippen LogP contribution >= 0.6 is 0 Å². The topological polar surface area (TPSA) is 81.5 Å². The van der Waals surface area contributed by atoms with Gasteiger partial charge in [0.25, 0.3) is 0 Å². The van der Waals surface area contributed by atoms with E-state index in [-0.39, 0.29) is 0 Å². The highest BCUT2D eigenvalue weighted by atomic mass is 16.5. The molecule has 1 aliphatic rings. The Kier molecular flexibility index (Phi) is 6.54. The molecule has 6 rings (SSSR count). The highest BCUT2D eigenvalue weighted by Gasteiger charge is 2.33. The number of aromatic nitrogens is 2. The Hall–Kier alpha value is -4.29. The van der Waals surface area contributed by atoms with Crippen LogP contribution in [0.15, 0.2) is 60.8 Å². The highest BCUT2D eigenvalue weighted by Crippen LogP contribution is 2.45. The first kappa shape index (κ1) is 26.9. The number of pyridine rings is 2. The molecule has 41 heavy (non-hydrogen) atoms. The van der Waals surface area contributed by atoms with Gasteiger partial charge in [0.1, 0.15) is 5.75 Å². The minimum absolute atomic E-state index is 0.612. The molecule has 1 aliphatic heterocycles. The number of ether oxygens (including phenoxy) is 2. The lowest BCUT2D eigenvalue weighted by Crippen LogP contribution is -2.28. The van der Waals surface area contributed by atoms with Crippen molar-refractivity contribution in [1.82, 2.24) is 9.97 Å². The van der Waals surface area contributed by atoms with Crippen molar-refractivity contribution in [2.24, 2.45) is 0 Å². The van der Waals surface area contributed by atoms with Gasteiger partial charge in [-0.05, 0) is 99.7 Å². The number of carboxylic acid groups (broad SMARTS) is 1. The van der Waals surface area contributed by atoms with Gasteiger partial charge < -0.3 is 14.6 Å². The van der Waals surface area contributed by atoms with Crippen LogP contribution in [0.2, 0.25) is 0 Å². The lowest BCUT2D eigenvalue weighted by molar-refractivity contribution is -0.160. The standard InChI is InChI=1S/C35H34N2O4/c1-19-8-7-9-20(2)28(19)25-12-10-23-26(37-25)18-21(3)29(33(34(38)39)41-35(4,5)6)31(23)24-11-13-27-30-22(15-17-40-27)14-16-36-32(24)30/h7-14,16,18,33H,15,17H2,1-6H3,(H,38,39). The molecule has 0 bridgehead atoms. The molecule has 0 amide bonds. The maximum Gasteiger partial charge on any atom is 0.337 e. The summed E-state index contributed by atoms with van der Waals surface area (Å²) < 4.78 is 12.2. The predicted molar refractivity (Wildman–Crippen MR) is 163 cm³/mol. The van der Waals surface area contributed by atoms with Crippen LogP contribution in [0.3, 0.4) is 0 Å². The van der Waals surface area contributed by atoms with Crippen molar-refractivity contribution in [2.45, 2.75) is 59.7 Å². The number of carbonyl (C=O) groups is 1. The lowest BCUT2D eigenvalue weighted by atomic mass is 9.86. The zero-order valence-electron chi connectivity index (χ0n) is 24.3. The third-order valence-electron chi connectivity index (χ3n) is 7.78. The summed E-state index contributed by atoms with van der Waals surface area (Å²) in [6.07, 6.45) is 1.43. The molecule has 2 aromatic heterocycles. The smallest absolute Gasteiger partial charge is 0.337 e. The summed E-state index contributed by atoms with van der Waals surface area (Å²) in [5, 5.41) is 12.3. The fourth-order valence-corrected chi connectivity index (χ4v) is 6.10. The van der Waals surface area contributed by atoms with Gasteiger partial charge in [0.05, 0.1) is 28.9 Å². The van der Waals surface area contributed by atoms with E-state index in [0.717, 1.165) is 73.1 Å². The molecule has 208 valence electrons. The molecule has 6 nitrogen and oxygen atoms in total. The van der Waals surface area contributed by atoms with Gasteiger partial charge in [0.15, 0.2) is 6.10 Å². The summed E-state index contributed by atoms with van der Waals surface area (Å²) in [6.45, 7) is 12.4. The molecule has 5 aromatic rings. The average Bonchev–Trinajstić information content (AvgIpc) is 2.91. The van der Waals surface area contributed by atoms with Crippen LogP contribution in [-0.2, 0) is 16.0 Å². The van der Waals surface area contributed by atoms with E-state index in [9.17, 15) is 9.90 Å². The number of rotatable bonds is 5. The SMILES string of the molecule is Cc1cccc(C)c1-c1ccc2c(-c3ccc4c5c(ccnc35)CCO4)c(C(OC(C)(C)C)C(=O)O)c(C)cc2n1. The molecule has 3 aromatic carbocycles. The second-order valence-electron chi connectivity index (χ2n) is 11.9. The van der Waals surface area contributed by atoms with E-state index >= 15 is 0 Å². The van der Waals surface area contributed by atoms with E-state index < -0.39 is 17.7 Å². The number of nitrogens with zero attached hydrogens (tertiary/aromatic N) is 2. The largest absolute Gasteiger partial charge is 0.493 e. The maximum absolute atomic E-state index is 12.8. The first-order chi connectivity index (χ1) is 19.5. The number of hydrogen-bond donors (Lipinski definition) is 1. The highest BCUT2D eigenvalue weighted by molar-refractivity contribution is 6.08. The van der Waals surface area contributed by atoms with Crippen molar-refractivity contribution in [3.63, 3.8) is 0 Å². The van der Waals surface area contributed by atoms with Crippen molar-refractivity contribution in [2.75, 3.05) is 6.61 Å². The van der Waals surface area contributed by atoms with Crippen molar-refractivity contribution < 1.29 is 19.4 Å². The summed E-state index contributed by atoms with van der Waals surface area (Å²) >= 11 is 0. The van der Waals surface area contributed by atoms with E-state index in [2.05, 4.69) is 38.1 Å². The predicted octanol–water partition coefficient (Wildman–Crippen LogP) is 7.92. The first-order valence-corrected chi connectivity index (χ1v) is 14.0. The molecule has 1 atom stereocenters. The van der Waals surface area contributed by atoms with Gasteiger partial charge in [-0.2, -0.15) is 0 Å². The Morgan fingerprint density at radius 2 is 1.73 bits per heavy atom. The number of hydrogen-bond acceptors (Lipinski definition) is 5. The fraction of sp³-hybridized carbons (Fsp3) is 0.286. The first-order valence-electron chi connectivity index (χ1n) is 14.0. The fourth-order valence-electron chi connectivity index (χ4n) is 6.10. The van der Waals surface area contributed by atoms with E-state index in [0.29, 0.717) is 12.2 Å². The number of carboxylic acids is 1. The second-order valence-corrected chi connectivity index (χ2v) is 11.9. The Balaban J connectivity index is 1.71. The van der Waals surface area contributed by atoms with Crippen LogP contribution in [0, 0.1) is 20.8 Å². The van der Waals surface area contributed by atoms with Crippen LogP contribution in [0.4, 0.5) is 0 Å². The summed E-state index contributed by atoms with van der Waals surface area (Å²) in [5.74, 6) is -0.240. The van der Waals surface area contributed by atoms with Crippen LogP contribution in [0.1, 0.15) is 54.7 Å². The molecule has 0 saturated carbocycles. The van der Waals surface area contributed by atoms with Crippen LogP contribution < -0.4 is 4.74 Å². The van der Waals surface area contributed by atoms with Crippen LogP contribution in [0.25, 0.3) is 44.2 Å².